The SMILES string of the molecule is NC(=O)N(Cc1ccccc1)C(=O)Nc1cccc(OC(F)(F)F)c1. The highest BCUT2D eigenvalue weighted by atomic mass is 19.4. The number of imide groups is 1. The first kappa shape index (κ1) is 18.1. The molecule has 0 saturated heterocycles. The van der Waals surface area contributed by atoms with Crippen LogP contribution in [0.4, 0.5) is 28.4 Å². The van der Waals surface area contributed by atoms with E-state index in [1.807, 2.05) is 0 Å². The molecule has 0 heterocycles. The van der Waals surface area contributed by atoms with Crippen molar-refractivity contribution in [2.45, 2.75) is 12.9 Å². The predicted octanol–water partition coefficient (Wildman–Crippen LogP) is 3.70. The highest BCUT2D eigenvalue weighted by Gasteiger charge is 2.31. The molecule has 132 valence electrons. The van der Waals surface area contributed by atoms with Gasteiger partial charge in [-0.2, -0.15) is 0 Å². The fourth-order valence-electron chi connectivity index (χ4n) is 1.98. The average Bonchev–Trinajstić information content (AvgIpc) is 2.52. The number of alkyl halides is 3. The van der Waals surface area contributed by atoms with Gasteiger partial charge in [-0.15, -0.1) is 13.2 Å². The number of amides is 4. The predicted molar refractivity (Wildman–Crippen MR) is 83.7 cm³/mol. The Labute approximate surface area is 141 Å². The summed E-state index contributed by atoms with van der Waals surface area (Å²) in [6.45, 7) is -0.0826. The van der Waals surface area contributed by atoms with E-state index < -0.39 is 24.2 Å². The molecule has 2 rings (SSSR count). The second-order valence-electron chi connectivity index (χ2n) is 4.92. The number of primary amides is 1. The van der Waals surface area contributed by atoms with Crippen LogP contribution < -0.4 is 15.8 Å². The normalized spacial score (nSPS) is 10.8. The Morgan fingerprint density at radius 2 is 1.76 bits per heavy atom. The number of anilines is 1. The van der Waals surface area contributed by atoms with Gasteiger partial charge in [-0.05, 0) is 17.7 Å². The van der Waals surface area contributed by atoms with Crippen LogP contribution in [0.2, 0.25) is 0 Å². The summed E-state index contributed by atoms with van der Waals surface area (Å²) in [6.07, 6.45) is -4.85. The molecule has 4 amide bonds. The monoisotopic (exact) mass is 353 g/mol. The van der Waals surface area contributed by atoms with Crippen molar-refractivity contribution in [3.8, 4) is 5.75 Å². The molecule has 0 saturated carbocycles. The molecular formula is C16H14F3N3O3. The lowest BCUT2D eigenvalue weighted by Gasteiger charge is -2.19. The number of hydrogen-bond acceptors (Lipinski definition) is 3. The second-order valence-corrected chi connectivity index (χ2v) is 4.92. The number of nitrogens with one attached hydrogen (secondary N) is 1. The summed E-state index contributed by atoms with van der Waals surface area (Å²) >= 11 is 0. The van der Waals surface area contributed by atoms with Gasteiger partial charge in [0.2, 0.25) is 0 Å². The molecule has 6 nitrogen and oxygen atoms in total. The molecule has 25 heavy (non-hydrogen) atoms. The summed E-state index contributed by atoms with van der Waals surface area (Å²) in [6, 6.07) is 11.4. The number of carbonyl (C=O) groups excluding carboxylic acids is 2. The Morgan fingerprint density at radius 3 is 2.36 bits per heavy atom. The van der Waals surface area contributed by atoms with Crippen LogP contribution in [0.5, 0.6) is 5.75 Å². The maximum absolute atomic E-state index is 12.2. The summed E-state index contributed by atoms with van der Waals surface area (Å²) in [5.74, 6) is -0.501. The number of benzene rings is 2. The Kier molecular flexibility index (Phi) is 5.48. The minimum Gasteiger partial charge on any atom is -0.406 e. The summed E-state index contributed by atoms with van der Waals surface area (Å²) in [7, 11) is 0. The van der Waals surface area contributed by atoms with Crippen molar-refractivity contribution in [3.63, 3.8) is 0 Å². The van der Waals surface area contributed by atoms with Crippen molar-refractivity contribution in [1.29, 1.82) is 0 Å². The van der Waals surface area contributed by atoms with E-state index in [0.717, 1.165) is 17.0 Å². The van der Waals surface area contributed by atoms with Crippen LogP contribution in [0.15, 0.2) is 54.6 Å². The van der Waals surface area contributed by atoms with Gasteiger partial charge >= 0.3 is 18.4 Å². The Balaban J connectivity index is 2.10. The highest BCUT2D eigenvalue weighted by Crippen LogP contribution is 2.25. The molecule has 3 N–H and O–H groups in total. The number of halogens is 3. The maximum atomic E-state index is 12.2. The molecule has 0 aliphatic heterocycles. The zero-order valence-electron chi connectivity index (χ0n) is 12.8. The van der Waals surface area contributed by atoms with Crippen molar-refractivity contribution in [2.75, 3.05) is 5.32 Å². The minimum absolute atomic E-state index is 0.0195. The first-order valence-electron chi connectivity index (χ1n) is 7.02. The van der Waals surface area contributed by atoms with Crippen LogP contribution in [0, 0.1) is 0 Å². The fraction of sp³-hybridized carbons (Fsp3) is 0.125. The van der Waals surface area contributed by atoms with Gasteiger partial charge in [0.05, 0.1) is 6.54 Å². The summed E-state index contributed by atoms with van der Waals surface area (Å²) in [5, 5.41) is 2.31. The third-order valence-corrected chi connectivity index (χ3v) is 3.01. The van der Waals surface area contributed by atoms with Gasteiger partial charge in [0, 0.05) is 11.8 Å². The second kappa shape index (κ2) is 7.56. The zero-order valence-corrected chi connectivity index (χ0v) is 12.8. The van der Waals surface area contributed by atoms with Gasteiger partial charge in [-0.3, -0.25) is 0 Å². The summed E-state index contributed by atoms with van der Waals surface area (Å²) in [4.78, 5) is 24.4. The molecule has 0 aromatic heterocycles. The van der Waals surface area contributed by atoms with Crippen molar-refractivity contribution >= 4 is 17.7 Å². The van der Waals surface area contributed by atoms with E-state index in [-0.39, 0.29) is 12.2 Å². The maximum Gasteiger partial charge on any atom is 0.573 e. The molecule has 0 bridgehead atoms. The van der Waals surface area contributed by atoms with Gasteiger partial charge in [0.1, 0.15) is 5.75 Å². The molecule has 0 fully saturated rings. The molecule has 0 unspecified atom stereocenters. The third-order valence-electron chi connectivity index (χ3n) is 3.01. The van der Waals surface area contributed by atoms with E-state index >= 15 is 0 Å². The molecule has 9 heteroatoms. The van der Waals surface area contributed by atoms with Gasteiger partial charge in [0.25, 0.3) is 0 Å². The number of ether oxygens (including phenoxy) is 1. The van der Waals surface area contributed by atoms with E-state index in [4.69, 9.17) is 5.73 Å². The number of nitrogens with zero attached hydrogens (tertiary/aromatic N) is 1. The number of rotatable bonds is 4. The smallest absolute Gasteiger partial charge is 0.406 e. The van der Waals surface area contributed by atoms with E-state index in [9.17, 15) is 22.8 Å². The summed E-state index contributed by atoms with van der Waals surface area (Å²) < 4.78 is 40.5. The number of carbonyl (C=O) groups is 2. The Morgan fingerprint density at radius 1 is 1.08 bits per heavy atom. The topological polar surface area (TPSA) is 84.7 Å². The molecular weight excluding hydrogens is 339 g/mol. The van der Waals surface area contributed by atoms with Crippen LogP contribution in [-0.4, -0.2) is 23.3 Å². The van der Waals surface area contributed by atoms with Gasteiger partial charge in [-0.25, -0.2) is 14.5 Å². The molecule has 0 aliphatic rings. The quantitative estimate of drug-likeness (QED) is 0.879. The van der Waals surface area contributed by atoms with Crippen LogP contribution in [0.1, 0.15) is 5.56 Å². The number of urea groups is 2. The van der Waals surface area contributed by atoms with Crippen LogP contribution in [-0.2, 0) is 6.54 Å². The Hall–Kier alpha value is -3.23. The first-order chi connectivity index (χ1) is 11.7. The minimum atomic E-state index is -4.85. The van der Waals surface area contributed by atoms with E-state index in [1.165, 1.54) is 12.1 Å². The van der Waals surface area contributed by atoms with Crippen molar-refractivity contribution in [3.05, 3.63) is 60.2 Å². The van der Waals surface area contributed by atoms with Crippen molar-refractivity contribution in [1.82, 2.24) is 4.90 Å². The van der Waals surface area contributed by atoms with E-state index in [0.29, 0.717) is 5.56 Å². The van der Waals surface area contributed by atoms with Crippen LogP contribution in [0.25, 0.3) is 0 Å². The van der Waals surface area contributed by atoms with Gasteiger partial charge < -0.3 is 15.8 Å². The van der Waals surface area contributed by atoms with E-state index in [1.54, 1.807) is 30.3 Å². The average molecular weight is 353 g/mol. The molecule has 2 aromatic rings. The lowest BCUT2D eigenvalue weighted by Crippen LogP contribution is -2.42. The zero-order chi connectivity index (χ0) is 18.4. The lowest BCUT2D eigenvalue weighted by atomic mass is 10.2. The molecule has 0 aliphatic carbocycles. The number of nitrogens with two attached hydrogens (primary N) is 1. The Bertz CT molecular complexity index is 751. The molecule has 0 radical (unpaired) electrons. The molecule has 2 aromatic carbocycles. The van der Waals surface area contributed by atoms with Crippen molar-refractivity contribution in [2.24, 2.45) is 5.73 Å². The molecule has 0 atom stereocenters. The third kappa shape index (κ3) is 5.72. The lowest BCUT2D eigenvalue weighted by molar-refractivity contribution is -0.274. The van der Waals surface area contributed by atoms with Gasteiger partial charge in [-0.1, -0.05) is 36.4 Å². The standard InChI is InChI=1S/C16H14F3N3O3/c17-16(18,19)25-13-8-4-7-12(9-13)21-15(24)22(14(20)23)10-11-5-2-1-3-6-11/h1-9H,10H2,(H2,20,23)(H,21,24). The fourth-order valence-corrected chi connectivity index (χ4v) is 1.98. The molecule has 0 spiro atoms. The summed E-state index contributed by atoms with van der Waals surface area (Å²) in [5.41, 5.74) is 5.88. The van der Waals surface area contributed by atoms with Crippen LogP contribution >= 0.6 is 0 Å². The van der Waals surface area contributed by atoms with Crippen molar-refractivity contribution < 1.29 is 27.5 Å². The van der Waals surface area contributed by atoms with E-state index in [2.05, 4.69) is 10.1 Å². The highest BCUT2D eigenvalue weighted by molar-refractivity contribution is 6.00. The largest absolute Gasteiger partial charge is 0.573 e. The van der Waals surface area contributed by atoms with Gasteiger partial charge in [0.15, 0.2) is 0 Å². The number of hydrogen-bond donors (Lipinski definition) is 2. The van der Waals surface area contributed by atoms with Crippen LogP contribution in [0.3, 0.4) is 0 Å². The first-order valence-corrected chi connectivity index (χ1v) is 7.02.